The molecule has 3 rings (SSSR count). The van der Waals surface area contributed by atoms with Crippen molar-refractivity contribution in [3.05, 3.63) is 0 Å². The van der Waals surface area contributed by atoms with Crippen LogP contribution in [0.5, 0.6) is 0 Å². The first kappa shape index (κ1) is 4.42. The van der Waals surface area contributed by atoms with Crippen LogP contribution in [-0.4, -0.2) is 46.4 Å². The van der Waals surface area contributed by atoms with E-state index in [1.165, 1.54) is 0 Å². The first-order chi connectivity index (χ1) is 9.43. The Morgan fingerprint density at radius 1 is 1.29 bits per heavy atom. The maximum atomic E-state index is 8.58. The van der Waals surface area contributed by atoms with Gasteiger partial charge < -0.3 is 0 Å². The van der Waals surface area contributed by atoms with E-state index in [0.29, 0.717) is 0 Å². The summed E-state index contributed by atoms with van der Waals surface area (Å²) in [4.78, 5) is 1.88. The SMILES string of the molecule is [2H]C1([2H])N(C(C)C)C([2H])([2H])C2([2H])N(C(C)(C)C)C1([2H])C2([2H])[2H]. The Balaban J connectivity index is 2.82. The van der Waals surface area contributed by atoms with Gasteiger partial charge in [0.25, 0.3) is 0 Å². The summed E-state index contributed by atoms with van der Waals surface area (Å²) in [6, 6.07) is -5.34. The second-order valence-electron chi connectivity index (χ2n) is 5.02. The highest BCUT2D eigenvalue weighted by Crippen LogP contribution is 2.38. The van der Waals surface area contributed by atoms with Gasteiger partial charge in [-0.25, -0.2) is 0 Å². The summed E-state index contributed by atoms with van der Waals surface area (Å²) in [5.74, 6) is 0. The highest BCUT2D eigenvalue weighted by Gasteiger charge is 2.49. The van der Waals surface area contributed by atoms with Gasteiger partial charge >= 0.3 is 0 Å². The molecule has 2 atom stereocenters. The molecular weight excluding hydrogens is 172 g/mol. The maximum Gasteiger partial charge on any atom is 0.0482 e. The molecule has 0 amide bonds. The molecule has 2 nitrogen and oxygen atoms in total. The summed E-state index contributed by atoms with van der Waals surface area (Å²) in [7, 11) is 0. The molecule has 0 aromatic carbocycles. The van der Waals surface area contributed by atoms with Gasteiger partial charge in [-0.2, -0.15) is 0 Å². The Bertz CT molecular complexity index is 468. The number of hydrogen-bond acceptors (Lipinski definition) is 2. The molecule has 3 aliphatic heterocycles. The van der Waals surface area contributed by atoms with Crippen LogP contribution in [0.3, 0.4) is 0 Å². The number of piperidine rings is 1. The normalized spacial score (nSPS) is 64.4. The van der Waals surface area contributed by atoms with Gasteiger partial charge in [-0.15, -0.1) is 0 Å². The smallest absolute Gasteiger partial charge is 0.0482 e. The second-order valence-corrected chi connectivity index (χ2v) is 5.02. The van der Waals surface area contributed by atoms with E-state index in [4.69, 9.17) is 11.0 Å². The number of rotatable bonds is 1. The molecule has 3 saturated heterocycles. The van der Waals surface area contributed by atoms with Crippen molar-refractivity contribution in [2.45, 2.75) is 64.6 Å². The van der Waals surface area contributed by atoms with E-state index >= 15 is 0 Å². The maximum absolute atomic E-state index is 8.58. The number of nitrogens with zero attached hydrogens (tertiary/aromatic N) is 2. The highest BCUT2D eigenvalue weighted by molar-refractivity contribution is 5.05. The molecule has 2 unspecified atom stereocenters. The molecule has 0 aromatic heterocycles. The molecular formula is C12H24N2. The Morgan fingerprint density at radius 2 is 1.79 bits per heavy atom. The first-order valence-corrected chi connectivity index (χ1v) is 5.03. The zero-order chi connectivity index (χ0) is 17.7. The first-order valence-electron chi connectivity index (χ1n) is 9.03. The minimum absolute atomic E-state index is 0.613. The van der Waals surface area contributed by atoms with Crippen LogP contribution in [0.2, 0.25) is 0 Å². The lowest BCUT2D eigenvalue weighted by Crippen LogP contribution is -2.73. The fourth-order valence-corrected chi connectivity index (χ4v) is 1.62. The van der Waals surface area contributed by atoms with Gasteiger partial charge in [0.2, 0.25) is 0 Å². The van der Waals surface area contributed by atoms with Crippen molar-refractivity contribution >= 4 is 0 Å². The fraction of sp³-hybridized carbons (Fsp3) is 1.00. The Kier molecular flexibility index (Phi) is 1.01. The highest BCUT2D eigenvalue weighted by atomic mass is 15.4. The van der Waals surface area contributed by atoms with Crippen LogP contribution in [0.1, 0.15) is 52.0 Å². The summed E-state index contributed by atoms with van der Waals surface area (Å²) < 4.78 is 67.0. The van der Waals surface area contributed by atoms with Crippen molar-refractivity contribution in [3.63, 3.8) is 0 Å². The predicted octanol–water partition coefficient (Wildman–Crippen LogP) is 1.95. The lowest BCUT2D eigenvalue weighted by Gasteiger charge is -2.62. The minimum Gasteiger partial charge on any atom is -0.298 e. The largest absolute Gasteiger partial charge is 0.298 e. The van der Waals surface area contributed by atoms with E-state index in [9.17, 15) is 0 Å². The zero-order valence-corrected chi connectivity index (χ0v) is 9.47. The molecule has 0 aliphatic carbocycles. The lowest BCUT2D eigenvalue weighted by atomic mass is 9.81. The number of fused-ring (bicyclic) bond motifs is 2. The summed E-state index contributed by atoms with van der Waals surface area (Å²) >= 11 is 0. The molecule has 14 heavy (non-hydrogen) atoms. The second kappa shape index (κ2) is 3.21. The van der Waals surface area contributed by atoms with Crippen molar-refractivity contribution in [1.82, 2.24) is 9.80 Å². The van der Waals surface area contributed by atoms with Gasteiger partial charge in [0.05, 0.1) is 0 Å². The van der Waals surface area contributed by atoms with Crippen LogP contribution in [0.25, 0.3) is 0 Å². The third-order valence-electron chi connectivity index (χ3n) is 2.32. The average molecular weight is 204 g/mol. The summed E-state index contributed by atoms with van der Waals surface area (Å²) in [5, 5.41) is 0. The van der Waals surface area contributed by atoms with E-state index in [-0.39, 0.29) is 0 Å². The molecule has 3 heterocycles. The number of hydrogen-bond donors (Lipinski definition) is 0. The standard InChI is InChI=1S/C12H24N2/c1-9(2)13-7-10-6-11(8-13)14(10)12(3,4)5/h9-11H,6-8H2,1-5H3/i6D2,7D2,8D2,10D,11D. The van der Waals surface area contributed by atoms with E-state index < -0.39 is 43.0 Å². The lowest BCUT2D eigenvalue weighted by molar-refractivity contribution is -0.125. The molecule has 2 heteroatoms. The zero-order valence-electron chi connectivity index (χ0n) is 17.5. The van der Waals surface area contributed by atoms with E-state index in [0.717, 1.165) is 9.80 Å². The van der Waals surface area contributed by atoms with Crippen LogP contribution in [0.4, 0.5) is 0 Å². The van der Waals surface area contributed by atoms with Crippen molar-refractivity contribution in [1.29, 1.82) is 0 Å². The van der Waals surface area contributed by atoms with Crippen LogP contribution in [-0.2, 0) is 0 Å². The predicted molar refractivity (Wildman–Crippen MR) is 60.5 cm³/mol. The van der Waals surface area contributed by atoms with Crippen molar-refractivity contribution in [2.75, 3.05) is 13.0 Å². The topological polar surface area (TPSA) is 6.48 Å². The fourth-order valence-electron chi connectivity index (χ4n) is 1.62. The Morgan fingerprint density at radius 3 is 2.14 bits per heavy atom. The van der Waals surface area contributed by atoms with Gasteiger partial charge in [-0.05, 0) is 41.0 Å². The Hall–Kier alpha value is -0.0800. The third kappa shape index (κ3) is 1.59. The quantitative estimate of drug-likeness (QED) is 0.644. The van der Waals surface area contributed by atoms with Crippen molar-refractivity contribution < 1.29 is 11.0 Å². The Labute approximate surface area is 99.5 Å². The van der Waals surface area contributed by atoms with Gasteiger partial charge in [0.1, 0.15) is 0 Å². The molecule has 3 aliphatic rings. The summed E-state index contributed by atoms with van der Waals surface area (Å²) in [5.41, 5.74) is -0.932. The molecule has 0 saturated carbocycles. The molecule has 0 radical (unpaired) electrons. The molecule has 3 fully saturated rings. The van der Waals surface area contributed by atoms with Gasteiger partial charge in [-0.1, -0.05) is 0 Å². The van der Waals surface area contributed by atoms with E-state index in [1.807, 2.05) is 0 Å². The average Bonchev–Trinajstić information content (AvgIpc) is 2.22. The molecule has 2 bridgehead atoms. The van der Waals surface area contributed by atoms with Crippen molar-refractivity contribution in [2.24, 2.45) is 0 Å². The minimum atomic E-state index is -2.66. The number of piperazine rings is 1. The molecule has 0 N–H and O–H groups in total. The molecule has 0 spiro atoms. The summed E-state index contributed by atoms with van der Waals surface area (Å²) in [6.45, 7) is 2.92. The van der Waals surface area contributed by atoms with Gasteiger partial charge in [-0.3, -0.25) is 9.80 Å². The van der Waals surface area contributed by atoms with Crippen LogP contribution in [0.15, 0.2) is 0 Å². The van der Waals surface area contributed by atoms with Crippen LogP contribution < -0.4 is 0 Å². The monoisotopic (exact) mass is 204 g/mol. The molecule has 0 aromatic rings. The van der Waals surface area contributed by atoms with E-state index in [2.05, 4.69) is 0 Å². The van der Waals surface area contributed by atoms with E-state index in [1.54, 1.807) is 34.6 Å². The van der Waals surface area contributed by atoms with Gasteiger partial charge in [0.15, 0.2) is 0 Å². The van der Waals surface area contributed by atoms with Crippen LogP contribution in [0, 0.1) is 0 Å². The summed E-state index contributed by atoms with van der Waals surface area (Å²) in [6.07, 6.45) is -2.66. The van der Waals surface area contributed by atoms with Gasteiger partial charge in [0, 0.05) is 47.6 Å². The third-order valence-corrected chi connectivity index (χ3v) is 2.32. The van der Waals surface area contributed by atoms with Crippen LogP contribution >= 0.6 is 0 Å². The van der Waals surface area contributed by atoms with Crippen molar-refractivity contribution in [3.8, 4) is 0 Å². The molecule has 82 valence electrons.